The molecule has 0 unspecified atom stereocenters. The van der Waals surface area contributed by atoms with Crippen LogP contribution in [-0.4, -0.2) is 12.7 Å². The lowest BCUT2D eigenvalue weighted by Gasteiger charge is -2.07. The van der Waals surface area contributed by atoms with Crippen molar-refractivity contribution in [3.05, 3.63) is 58.9 Å². The molecule has 3 rings (SSSR count). The third-order valence-corrected chi connectivity index (χ3v) is 3.23. The highest BCUT2D eigenvalue weighted by atomic mass is 19.1. The molecule has 0 fully saturated rings. The largest absolute Gasteiger partial charge is 0.454 e. The van der Waals surface area contributed by atoms with Crippen LogP contribution in [0.4, 0.5) is 4.39 Å². The maximum absolute atomic E-state index is 13.7. The fourth-order valence-corrected chi connectivity index (χ4v) is 2.10. The van der Waals surface area contributed by atoms with Gasteiger partial charge in [0.15, 0.2) is 11.5 Å². The maximum atomic E-state index is 13.7. The molecular weight excluding hydrogens is 287 g/mol. The van der Waals surface area contributed by atoms with Gasteiger partial charge in [-0.1, -0.05) is 6.07 Å². The monoisotopic (exact) mass is 298 g/mol. The number of hydrogen-bond donors (Lipinski definition) is 1. The van der Waals surface area contributed by atoms with Gasteiger partial charge in [-0.25, -0.2) is 4.39 Å². The average molecular weight is 298 g/mol. The zero-order valence-corrected chi connectivity index (χ0v) is 11.4. The van der Waals surface area contributed by atoms with Crippen LogP contribution in [0.3, 0.4) is 0 Å². The molecule has 0 aromatic heterocycles. The Morgan fingerprint density at radius 3 is 2.86 bits per heavy atom. The number of benzene rings is 2. The van der Waals surface area contributed by atoms with Crippen molar-refractivity contribution in [2.75, 3.05) is 6.79 Å². The van der Waals surface area contributed by atoms with Gasteiger partial charge in [0.2, 0.25) is 6.79 Å². The summed E-state index contributed by atoms with van der Waals surface area (Å²) < 4.78 is 24.1. The van der Waals surface area contributed by atoms with Gasteiger partial charge in [-0.3, -0.25) is 4.79 Å². The van der Waals surface area contributed by atoms with E-state index in [2.05, 4.69) is 5.32 Å². The Hall–Kier alpha value is -3.07. The molecule has 0 aliphatic carbocycles. The zero-order chi connectivity index (χ0) is 15.5. The fraction of sp³-hybridized carbons (Fsp3) is 0.125. The molecule has 1 N–H and O–H groups in total. The maximum Gasteiger partial charge on any atom is 0.254 e. The molecule has 2 aromatic carbocycles. The van der Waals surface area contributed by atoms with E-state index >= 15 is 0 Å². The second kappa shape index (κ2) is 5.74. The van der Waals surface area contributed by atoms with Crippen LogP contribution in [0.2, 0.25) is 0 Å². The first kappa shape index (κ1) is 13.9. The van der Waals surface area contributed by atoms with Crippen LogP contribution < -0.4 is 14.8 Å². The summed E-state index contributed by atoms with van der Waals surface area (Å²) in [6.45, 7) is 0.392. The lowest BCUT2D eigenvalue weighted by Crippen LogP contribution is -2.24. The first-order valence-electron chi connectivity index (χ1n) is 6.54. The summed E-state index contributed by atoms with van der Waals surface area (Å²) in [5.74, 6) is 0.0294. The zero-order valence-electron chi connectivity index (χ0n) is 11.4. The molecular formula is C16H11FN2O3. The first-order chi connectivity index (χ1) is 10.7. The lowest BCUT2D eigenvalue weighted by molar-refractivity contribution is 0.0946. The second-order valence-electron chi connectivity index (χ2n) is 4.68. The van der Waals surface area contributed by atoms with Crippen molar-refractivity contribution >= 4 is 5.91 Å². The summed E-state index contributed by atoms with van der Waals surface area (Å²) in [4.78, 5) is 12.0. The van der Waals surface area contributed by atoms with Gasteiger partial charge in [0, 0.05) is 6.54 Å². The van der Waals surface area contributed by atoms with Crippen LogP contribution in [0.5, 0.6) is 11.5 Å². The molecule has 0 spiro atoms. The quantitative estimate of drug-likeness (QED) is 0.944. The molecule has 1 heterocycles. The van der Waals surface area contributed by atoms with Crippen LogP contribution in [-0.2, 0) is 6.54 Å². The summed E-state index contributed by atoms with van der Waals surface area (Å²) in [5.41, 5.74) is 0.879. The third kappa shape index (κ3) is 2.69. The van der Waals surface area contributed by atoms with Gasteiger partial charge >= 0.3 is 0 Å². The summed E-state index contributed by atoms with van der Waals surface area (Å²) in [6, 6.07) is 10.8. The Labute approximate surface area is 125 Å². The molecule has 0 radical (unpaired) electrons. The Balaban J connectivity index is 1.71. The molecule has 1 aliphatic rings. The van der Waals surface area contributed by atoms with Crippen molar-refractivity contribution in [1.29, 1.82) is 5.26 Å². The Kier molecular flexibility index (Phi) is 3.62. The number of fused-ring (bicyclic) bond motifs is 1. The number of carbonyl (C=O) groups is 1. The summed E-state index contributed by atoms with van der Waals surface area (Å²) >= 11 is 0. The topological polar surface area (TPSA) is 71.4 Å². The highest BCUT2D eigenvalue weighted by Crippen LogP contribution is 2.32. The minimum absolute atomic E-state index is 0.153. The molecule has 5 nitrogen and oxygen atoms in total. The van der Waals surface area contributed by atoms with Crippen LogP contribution in [0, 0.1) is 17.1 Å². The van der Waals surface area contributed by atoms with Crippen molar-refractivity contribution in [2.45, 2.75) is 6.54 Å². The first-order valence-corrected chi connectivity index (χ1v) is 6.54. The molecule has 110 valence electrons. The van der Waals surface area contributed by atoms with Crippen molar-refractivity contribution in [3.63, 3.8) is 0 Å². The number of nitrogens with one attached hydrogen (secondary N) is 1. The Morgan fingerprint density at radius 2 is 2.05 bits per heavy atom. The fourth-order valence-electron chi connectivity index (χ4n) is 2.10. The van der Waals surface area contributed by atoms with Gasteiger partial charge in [-0.2, -0.15) is 5.26 Å². The normalized spacial score (nSPS) is 11.8. The van der Waals surface area contributed by atoms with E-state index in [4.69, 9.17) is 14.7 Å². The minimum Gasteiger partial charge on any atom is -0.454 e. The number of hydrogen-bond acceptors (Lipinski definition) is 4. The van der Waals surface area contributed by atoms with Gasteiger partial charge < -0.3 is 14.8 Å². The van der Waals surface area contributed by atoms with Gasteiger partial charge in [0.25, 0.3) is 5.91 Å². The Morgan fingerprint density at radius 1 is 1.23 bits per heavy atom. The van der Waals surface area contributed by atoms with E-state index in [-0.39, 0.29) is 24.5 Å². The van der Waals surface area contributed by atoms with E-state index in [0.29, 0.717) is 11.5 Å². The minimum atomic E-state index is -0.665. The number of amides is 1. The molecule has 2 aromatic rings. The SMILES string of the molecule is N#Cc1ccc(F)c(C(=O)NCc2ccc3c(c2)OCO3)c1. The molecule has 0 atom stereocenters. The molecule has 0 bridgehead atoms. The van der Waals surface area contributed by atoms with Gasteiger partial charge in [-0.15, -0.1) is 0 Å². The lowest BCUT2D eigenvalue weighted by atomic mass is 10.1. The van der Waals surface area contributed by atoms with E-state index in [1.807, 2.05) is 6.07 Å². The van der Waals surface area contributed by atoms with Crippen LogP contribution in [0.1, 0.15) is 21.5 Å². The second-order valence-corrected chi connectivity index (χ2v) is 4.68. The predicted octanol–water partition coefficient (Wildman–Crippen LogP) is 2.36. The third-order valence-electron chi connectivity index (χ3n) is 3.23. The van der Waals surface area contributed by atoms with Crippen molar-refractivity contribution < 1.29 is 18.7 Å². The number of rotatable bonds is 3. The molecule has 0 saturated heterocycles. The summed E-state index contributed by atoms with van der Waals surface area (Å²) in [6.07, 6.45) is 0. The van der Waals surface area contributed by atoms with E-state index in [1.54, 1.807) is 18.2 Å². The van der Waals surface area contributed by atoms with E-state index < -0.39 is 11.7 Å². The van der Waals surface area contributed by atoms with Crippen LogP contribution in [0.15, 0.2) is 36.4 Å². The highest BCUT2D eigenvalue weighted by molar-refractivity contribution is 5.94. The van der Waals surface area contributed by atoms with Gasteiger partial charge in [0.1, 0.15) is 5.82 Å². The number of nitriles is 1. The molecule has 6 heteroatoms. The van der Waals surface area contributed by atoms with E-state index in [1.165, 1.54) is 12.1 Å². The van der Waals surface area contributed by atoms with Gasteiger partial charge in [-0.05, 0) is 35.9 Å². The molecule has 1 aliphatic heterocycles. The smallest absolute Gasteiger partial charge is 0.254 e. The van der Waals surface area contributed by atoms with Gasteiger partial charge in [0.05, 0.1) is 17.2 Å². The molecule has 22 heavy (non-hydrogen) atoms. The number of halogens is 1. The number of carbonyl (C=O) groups excluding carboxylic acids is 1. The van der Waals surface area contributed by atoms with Crippen molar-refractivity contribution in [3.8, 4) is 17.6 Å². The Bertz CT molecular complexity index is 783. The predicted molar refractivity (Wildman–Crippen MR) is 74.9 cm³/mol. The standard InChI is InChI=1S/C16H11FN2O3/c17-13-3-1-10(7-18)5-12(13)16(20)19-8-11-2-4-14-15(6-11)22-9-21-14/h1-6H,8-9H2,(H,19,20). The number of ether oxygens (including phenoxy) is 2. The van der Waals surface area contributed by atoms with E-state index in [9.17, 15) is 9.18 Å². The van der Waals surface area contributed by atoms with E-state index in [0.717, 1.165) is 11.6 Å². The average Bonchev–Trinajstić information content (AvgIpc) is 3.00. The number of nitrogens with zero attached hydrogens (tertiary/aromatic N) is 1. The molecule has 0 saturated carbocycles. The molecule has 1 amide bonds. The van der Waals surface area contributed by atoms with Crippen molar-refractivity contribution in [2.24, 2.45) is 0 Å². The highest BCUT2D eigenvalue weighted by Gasteiger charge is 2.15. The summed E-state index contributed by atoms with van der Waals surface area (Å²) in [7, 11) is 0. The van der Waals surface area contributed by atoms with Crippen molar-refractivity contribution in [1.82, 2.24) is 5.32 Å². The van der Waals surface area contributed by atoms with Crippen LogP contribution in [0.25, 0.3) is 0 Å². The van der Waals surface area contributed by atoms with Crippen LogP contribution >= 0.6 is 0 Å². The summed E-state index contributed by atoms with van der Waals surface area (Å²) in [5, 5.41) is 11.4.